The van der Waals surface area contributed by atoms with Crippen LogP contribution in [-0.4, -0.2) is 28.0 Å². The molecule has 0 radical (unpaired) electrons. The Labute approximate surface area is 153 Å². The minimum absolute atomic E-state index is 0.149. The predicted octanol–water partition coefficient (Wildman–Crippen LogP) is 3.90. The number of carbonyl (C=O) groups is 2. The van der Waals surface area contributed by atoms with E-state index in [9.17, 15) is 14.7 Å². The standard InChI is InChI=1S/C18H14Cl2N2O3/c19-11-5-6-13(14(20)8-11)17(23)22-16(18(24)25)7-10-9-21-15-4-2-1-3-12(10)15/h1-6,8-9,16,21H,7H2,(H,22,23)(H,24,25). The number of aromatic amines is 1. The van der Waals surface area contributed by atoms with Gasteiger partial charge in [0.1, 0.15) is 6.04 Å². The number of carboxylic acid groups (broad SMARTS) is 1. The molecule has 5 nitrogen and oxygen atoms in total. The molecule has 0 aliphatic carbocycles. The Morgan fingerprint density at radius 1 is 1.16 bits per heavy atom. The van der Waals surface area contributed by atoms with E-state index in [1.165, 1.54) is 18.2 Å². The molecule has 1 amide bonds. The molecular weight excluding hydrogens is 363 g/mol. The monoisotopic (exact) mass is 376 g/mol. The second-order valence-corrected chi connectivity index (χ2v) is 6.40. The molecule has 3 aromatic rings. The molecule has 0 aliphatic heterocycles. The number of aliphatic carboxylic acids is 1. The molecule has 7 heteroatoms. The van der Waals surface area contributed by atoms with Gasteiger partial charge in [0.25, 0.3) is 5.91 Å². The third kappa shape index (κ3) is 3.78. The summed E-state index contributed by atoms with van der Waals surface area (Å²) in [7, 11) is 0. The number of H-pyrrole nitrogens is 1. The normalized spacial score (nSPS) is 12.1. The number of benzene rings is 2. The zero-order valence-electron chi connectivity index (χ0n) is 12.9. The van der Waals surface area contributed by atoms with E-state index in [1.807, 2.05) is 24.3 Å². The van der Waals surface area contributed by atoms with Gasteiger partial charge in [0.05, 0.1) is 10.6 Å². The molecule has 3 N–H and O–H groups in total. The molecular formula is C18H14Cl2N2O3. The number of carboxylic acids is 1. The number of para-hydroxylation sites is 1. The molecule has 1 heterocycles. The predicted molar refractivity (Wildman–Crippen MR) is 97.4 cm³/mol. The van der Waals surface area contributed by atoms with Crippen molar-refractivity contribution in [2.75, 3.05) is 0 Å². The van der Waals surface area contributed by atoms with Gasteiger partial charge in [0.2, 0.25) is 0 Å². The Hall–Kier alpha value is -2.50. The fourth-order valence-corrected chi connectivity index (χ4v) is 3.12. The number of carbonyl (C=O) groups excluding carboxylic acids is 1. The molecule has 3 rings (SSSR count). The number of rotatable bonds is 5. The van der Waals surface area contributed by atoms with Crippen molar-refractivity contribution in [1.29, 1.82) is 0 Å². The molecule has 1 aromatic heterocycles. The molecule has 1 atom stereocenters. The summed E-state index contributed by atoms with van der Waals surface area (Å²) < 4.78 is 0. The Balaban J connectivity index is 1.82. The lowest BCUT2D eigenvalue weighted by atomic mass is 10.0. The topological polar surface area (TPSA) is 82.2 Å². The second-order valence-electron chi connectivity index (χ2n) is 5.55. The third-order valence-electron chi connectivity index (χ3n) is 3.88. The largest absolute Gasteiger partial charge is 0.480 e. The summed E-state index contributed by atoms with van der Waals surface area (Å²) in [5.74, 6) is -1.68. The lowest BCUT2D eigenvalue weighted by molar-refractivity contribution is -0.139. The zero-order chi connectivity index (χ0) is 18.0. The molecule has 0 aliphatic rings. The smallest absolute Gasteiger partial charge is 0.326 e. The van der Waals surface area contributed by atoms with Gasteiger partial charge >= 0.3 is 5.97 Å². The lowest BCUT2D eigenvalue weighted by Gasteiger charge is -2.15. The van der Waals surface area contributed by atoms with Gasteiger partial charge in [-0.2, -0.15) is 0 Å². The summed E-state index contributed by atoms with van der Waals surface area (Å²) in [6, 6.07) is 10.9. The Bertz CT molecular complexity index is 952. The number of nitrogens with one attached hydrogen (secondary N) is 2. The number of halogens is 2. The number of hydrogen-bond donors (Lipinski definition) is 3. The molecule has 2 aromatic carbocycles. The first kappa shape index (κ1) is 17.3. The van der Waals surface area contributed by atoms with Crippen LogP contribution in [0.5, 0.6) is 0 Å². The SMILES string of the molecule is O=C(NC(Cc1c[nH]c2ccccc12)C(=O)O)c1ccc(Cl)cc1Cl. The summed E-state index contributed by atoms with van der Waals surface area (Å²) in [4.78, 5) is 27.1. The average Bonchev–Trinajstić information content (AvgIpc) is 2.97. The van der Waals surface area contributed by atoms with E-state index in [0.717, 1.165) is 16.5 Å². The first-order valence-electron chi connectivity index (χ1n) is 7.49. The van der Waals surface area contributed by atoms with Crippen molar-refractivity contribution in [2.45, 2.75) is 12.5 Å². The van der Waals surface area contributed by atoms with Crippen LogP contribution in [0.25, 0.3) is 10.9 Å². The van der Waals surface area contributed by atoms with Crippen molar-refractivity contribution in [2.24, 2.45) is 0 Å². The summed E-state index contributed by atoms with van der Waals surface area (Å²) in [5, 5.41) is 13.5. The Morgan fingerprint density at radius 2 is 1.92 bits per heavy atom. The van der Waals surface area contributed by atoms with E-state index in [2.05, 4.69) is 10.3 Å². The van der Waals surface area contributed by atoms with Gasteiger partial charge in [-0.3, -0.25) is 4.79 Å². The lowest BCUT2D eigenvalue weighted by Crippen LogP contribution is -2.42. The van der Waals surface area contributed by atoms with Crippen molar-refractivity contribution in [1.82, 2.24) is 10.3 Å². The van der Waals surface area contributed by atoms with Gasteiger partial charge in [-0.1, -0.05) is 41.4 Å². The summed E-state index contributed by atoms with van der Waals surface area (Å²) in [6.45, 7) is 0. The number of hydrogen-bond acceptors (Lipinski definition) is 2. The second kappa shape index (κ2) is 7.17. The van der Waals surface area contributed by atoms with Gasteiger partial charge in [-0.05, 0) is 29.8 Å². The van der Waals surface area contributed by atoms with Crippen molar-refractivity contribution in [3.05, 3.63) is 69.8 Å². The van der Waals surface area contributed by atoms with Gasteiger partial charge in [0.15, 0.2) is 0 Å². The van der Waals surface area contributed by atoms with Crippen molar-refractivity contribution in [3.8, 4) is 0 Å². The van der Waals surface area contributed by atoms with Crippen LogP contribution in [0.1, 0.15) is 15.9 Å². The van der Waals surface area contributed by atoms with E-state index in [0.29, 0.717) is 5.02 Å². The van der Waals surface area contributed by atoms with Crippen LogP contribution < -0.4 is 5.32 Å². The van der Waals surface area contributed by atoms with Crippen LogP contribution in [0.2, 0.25) is 10.0 Å². The van der Waals surface area contributed by atoms with Crippen LogP contribution in [-0.2, 0) is 11.2 Å². The van der Waals surface area contributed by atoms with Crippen LogP contribution >= 0.6 is 23.2 Å². The third-order valence-corrected chi connectivity index (χ3v) is 4.43. The molecule has 0 bridgehead atoms. The van der Waals surface area contributed by atoms with Gasteiger partial charge < -0.3 is 15.4 Å². The summed E-state index contributed by atoms with van der Waals surface area (Å²) >= 11 is 11.8. The van der Waals surface area contributed by atoms with E-state index < -0.39 is 17.9 Å². The van der Waals surface area contributed by atoms with Crippen molar-refractivity contribution in [3.63, 3.8) is 0 Å². The molecule has 0 fully saturated rings. The molecule has 0 spiro atoms. The molecule has 25 heavy (non-hydrogen) atoms. The Kier molecular flexibility index (Phi) is 4.97. The molecule has 0 saturated heterocycles. The number of amides is 1. The number of aromatic nitrogens is 1. The molecule has 128 valence electrons. The highest BCUT2D eigenvalue weighted by atomic mass is 35.5. The maximum absolute atomic E-state index is 12.4. The minimum Gasteiger partial charge on any atom is -0.480 e. The van der Waals surface area contributed by atoms with E-state index in [1.54, 1.807) is 6.20 Å². The van der Waals surface area contributed by atoms with Crippen LogP contribution in [0, 0.1) is 0 Å². The van der Waals surface area contributed by atoms with Crippen LogP contribution in [0.15, 0.2) is 48.7 Å². The molecule has 1 unspecified atom stereocenters. The highest BCUT2D eigenvalue weighted by Crippen LogP contribution is 2.22. The van der Waals surface area contributed by atoms with Crippen molar-refractivity contribution < 1.29 is 14.7 Å². The zero-order valence-corrected chi connectivity index (χ0v) is 14.4. The van der Waals surface area contributed by atoms with Crippen molar-refractivity contribution >= 4 is 46.0 Å². The minimum atomic E-state index is -1.12. The molecule has 0 saturated carbocycles. The maximum atomic E-state index is 12.4. The highest BCUT2D eigenvalue weighted by Gasteiger charge is 2.23. The quantitative estimate of drug-likeness (QED) is 0.631. The maximum Gasteiger partial charge on any atom is 0.326 e. The number of fused-ring (bicyclic) bond motifs is 1. The van der Waals surface area contributed by atoms with Gasteiger partial charge in [-0.15, -0.1) is 0 Å². The van der Waals surface area contributed by atoms with Crippen LogP contribution in [0.4, 0.5) is 0 Å². The first-order chi connectivity index (χ1) is 12.0. The van der Waals surface area contributed by atoms with Gasteiger partial charge in [-0.25, -0.2) is 4.79 Å². The average molecular weight is 377 g/mol. The van der Waals surface area contributed by atoms with E-state index in [-0.39, 0.29) is 17.0 Å². The Morgan fingerprint density at radius 3 is 2.64 bits per heavy atom. The van der Waals surface area contributed by atoms with Gasteiger partial charge in [0, 0.05) is 28.5 Å². The first-order valence-corrected chi connectivity index (χ1v) is 8.25. The fourth-order valence-electron chi connectivity index (χ4n) is 2.63. The van der Waals surface area contributed by atoms with E-state index >= 15 is 0 Å². The summed E-state index contributed by atoms with van der Waals surface area (Å²) in [5.41, 5.74) is 1.90. The fraction of sp³-hybridized carbons (Fsp3) is 0.111. The van der Waals surface area contributed by atoms with E-state index in [4.69, 9.17) is 23.2 Å². The van der Waals surface area contributed by atoms with Crippen LogP contribution in [0.3, 0.4) is 0 Å². The highest BCUT2D eigenvalue weighted by molar-refractivity contribution is 6.36. The summed E-state index contributed by atoms with van der Waals surface area (Å²) in [6.07, 6.45) is 1.90.